The van der Waals surface area contributed by atoms with E-state index in [-0.39, 0.29) is 28.9 Å². The molecule has 1 unspecified atom stereocenters. The number of hydrogen-bond donors (Lipinski definition) is 1. The van der Waals surface area contributed by atoms with Gasteiger partial charge in [-0.1, -0.05) is 54.6 Å². The summed E-state index contributed by atoms with van der Waals surface area (Å²) in [6.07, 6.45) is 11.1. The molecule has 0 amide bonds. The monoisotopic (exact) mass is 468 g/mol. The number of fused-ring (bicyclic) bond motifs is 1. The Hall–Kier alpha value is -2.14. The second-order valence-electron chi connectivity index (χ2n) is 12.3. The highest BCUT2D eigenvalue weighted by molar-refractivity contribution is 5.63. The summed E-state index contributed by atoms with van der Waals surface area (Å²) in [5.41, 5.74) is 12.1. The first kappa shape index (κ1) is 21.0. The van der Waals surface area contributed by atoms with Crippen molar-refractivity contribution in [2.75, 3.05) is 20.2 Å². The third-order valence-electron chi connectivity index (χ3n) is 11.0. The van der Waals surface area contributed by atoms with Gasteiger partial charge in [0.15, 0.2) is 0 Å². The summed E-state index contributed by atoms with van der Waals surface area (Å²) in [6.45, 7) is 4.63. The third-order valence-corrected chi connectivity index (χ3v) is 11.0. The Balaban J connectivity index is 1.36. The van der Waals surface area contributed by atoms with Crippen molar-refractivity contribution in [2.45, 2.75) is 68.2 Å². The second kappa shape index (κ2) is 6.79. The van der Waals surface area contributed by atoms with Crippen LogP contribution < -0.4 is 10.5 Å². The molecule has 4 heteroatoms. The molecular formula is C31H36N2O2. The van der Waals surface area contributed by atoms with Crippen LogP contribution in [0.2, 0.25) is 0 Å². The Morgan fingerprint density at radius 3 is 2.74 bits per heavy atom. The summed E-state index contributed by atoms with van der Waals surface area (Å²) < 4.78 is 13.7. The van der Waals surface area contributed by atoms with Crippen LogP contribution in [0.3, 0.4) is 0 Å². The van der Waals surface area contributed by atoms with Crippen molar-refractivity contribution in [1.82, 2.24) is 4.90 Å². The summed E-state index contributed by atoms with van der Waals surface area (Å²) in [7, 11) is 1.88. The molecule has 2 heterocycles. The molecule has 7 aliphatic rings. The van der Waals surface area contributed by atoms with Crippen molar-refractivity contribution >= 4 is 0 Å². The zero-order valence-electron chi connectivity index (χ0n) is 20.9. The number of methoxy groups -OCH3 is 1. The summed E-state index contributed by atoms with van der Waals surface area (Å²) in [5.74, 6) is 2.20. The number of likely N-dealkylation sites (tertiary alicyclic amines) is 1. The number of aryl methyl sites for hydroxylation is 1. The highest BCUT2D eigenvalue weighted by Gasteiger charge is 2.79. The van der Waals surface area contributed by atoms with Gasteiger partial charge in [-0.3, -0.25) is 4.90 Å². The van der Waals surface area contributed by atoms with E-state index in [0.717, 1.165) is 30.9 Å². The van der Waals surface area contributed by atoms with Gasteiger partial charge in [0.05, 0.1) is 5.41 Å². The minimum atomic E-state index is -0.527. The molecule has 0 radical (unpaired) electrons. The lowest BCUT2D eigenvalue weighted by atomic mass is 9.36. The first-order valence-electron chi connectivity index (χ1n) is 13.6. The Morgan fingerprint density at radius 1 is 1.14 bits per heavy atom. The van der Waals surface area contributed by atoms with Gasteiger partial charge in [-0.15, -0.1) is 0 Å². The van der Waals surface area contributed by atoms with Gasteiger partial charge < -0.3 is 15.2 Å². The first-order valence-corrected chi connectivity index (χ1v) is 13.6. The molecule has 4 nitrogen and oxygen atoms in total. The molecular weight excluding hydrogens is 432 g/mol. The fraction of sp³-hybridized carbons (Fsp3) is 0.548. The highest BCUT2D eigenvalue weighted by atomic mass is 16.6. The average molecular weight is 469 g/mol. The van der Waals surface area contributed by atoms with Crippen molar-refractivity contribution < 1.29 is 9.47 Å². The Bertz CT molecular complexity index is 1240. The van der Waals surface area contributed by atoms with Gasteiger partial charge in [-0.25, -0.2) is 0 Å². The van der Waals surface area contributed by atoms with Crippen LogP contribution >= 0.6 is 0 Å². The van der Waals surface area contributed by atoms with E-state index < -0.39 is 5.60 Å². The van der Waals surface area contributed by atoms with Gasteiger partial charge in [0, 0.05) is 42.6 Å². The quantitative estimate of drug-likeness (QED) is 0.647. The van der Waals surface area contributed by atoms with Crippen LogP contribution in [0.4, 0.5) is 0 Å². The maximum atomic E-state index is 7.15. The fourth-order valence-corrected chi connectivity index (χ4v) is 9.30. The second-order valence-corrected chi connectivity index (χ2v) is 12.3. The van der Waals surface area contributed by atoms with Crippen molar-refractivity contribution in [2.24, 2.45) is 23.0 Å². The van der Waals surface area contributed by atoms with Crippen LogP contribution in [0.5, 0.6) is 5.75 Å². The number of hydrogen-bond acceptors (Lipinski definition) is 4. The zero-order chi connectivity index (χ0) is 23.6. The number of benzene rings is 2. The molecule has 7 atom stereocenters. The molecule has 35 heavy (non-hydrogen) atoms. The van der Waals surface area contributed by atoms with Crippen LogP contribution in [0, 0.1) is 24.2 Å². The lowest BCUT2D eigenvalue weighted by Crippen LogP contribution is -2.79. The predicted molar refractivity (Wildman–Crippen MR) is 136 cm³/mol. The SMILES string of the molecule is CO[C@]12C=C[C@@]3(C[C@@H]1C(N)c1ccccc1)[C@H]1Cc4ccc(C)c5c4[C@@]3(CCN1CC1CC1)[C@H]2O5. The minimum absolute atomic E-state index is 0.0235. The Labute approximate surface area is 208 Å². The number of nitrogens with zero attached hydrogens (tertiary/aromatic N) is 1. The molecule has 2 aromatic rings. The summed E-state index contributed by atoms with van der Waals surface area (Å²) in [5, 5.41) is 0. The summed E-state index contributed by atoms with van der Waals surface area (Å²) in [4.78, 5) is 2.86. The van der Waals surface area contributed by atoms with Crippen molar-refractivity contribution in [3.63, 3.8) is 0 Å². The third kappa shape index (κ3) is 2.35. The van der Waals surface area contributed by atoms with E-state index in [1.165, 1.54) is 48.2 Å². The molecule has 182 valence electrons. The molecule has 2 aliphatic heterocycles. The first-order chi connectivity index (χ1) is 17.0. The number of nitrogens with two attached hydrogens (primary N) is 1. The zero-order valence-corrected chi connectivity index (χ0v) is 20.9. The van der Waals surface area contributed by atoms with Gasteiger partial charge in [0.1, 0.15) is 17.5 Å². The standard InChI is InChI=1S/C31H36N2O2/c1-19-8-11-22-16-24-29-12-13-31(34-2,23(17-29)26(32)21-6-4-3-5-7-21)28-30(29,25(22)27(19)35-28)14-15-33(24)18-20-9-10-20/h3-8,11-13,20,23-24,26,28H,9-10,14-18,32H2,1-2H3/t23-,24-,26?,28-,29-,30+,31-/m1/s1. The maximum Gasteiger partial charge on any atom is 0.142 e. The average Bonchev–Trinajstić information content (AvgIpc) is 3.63. The van der Waals surface area contributed by atoms with Gasteiger partial charge in [-0.05, 0) is 68.2 Å². The normalized spacial score (nSPS) is 40.9. The molecule has 5 aliphatic carbocycles. The van der Waals surface area contributed by atoms with Crippen LogP contribution in [0.1, 0.15) is 54.0 Å². The predicted octanol–water partition coefficient (Wildman–Crippen LogP) is 4.70. The Morgan fingerprint density at radius 2 is 1.97 bits per heavy atom. The van der Waals surface area contributed by atoms with Crippen molar-refractivity contribution in [3.8, 4) is 5.75 Å². The summed E-state index contributed by atoms with van der Waals surface area (Å²) >= 11 is 0. The maximum absolute atomic E-state index is 7.15. The molecule has 3 fully saturated rings. The van der Waals surface area contributed by atoms with Crippen molar-refractivity contribution in [1.29, 1.82) is 0 Å². The van der Waals surface area contributed by atoms with Crippen LogP contribution in [0.25, 0.3) is 0 Å². The van der Waals surface area contributed by atoms with E-state index in [1.807, 2.05) is 7.11 Å². The van der Waals surface area contributed by atoms with E-state index in [2.05, 4.69) is 66.4 Å². The van der Waals surface area contributed by atoms with E-state index >= 15 is 0 Å². The van der Waals surface area contributed by atoms with E-state index in [0.29, 0.717) is 6.04 Å². The van der Waals surface area contributed by atoms with Gasteiger partial charge in [0.2, 0.25) is 0 Å². The smallest absolute Gasteiger partial charge is 0.142 e. The van der Waals surface area contributed by atoms with Crippen molar-refractivity contribution in [3.05, 3.63) is 76.9 Å². The largest absolute Gasteiger partial charge is 0.485 e. The minimum Gasteiger partial charge on any atom is -0.485 e. The van der Waals surface area contributed by atoms with E-state index in [9.17, 15) is 0 Å². The topological polar surface area (TPSA) is 47.7 Å². The lowest BCUT2D eigenvalue weighted by Gasteiger charge is -2.72. The summed E-state index contributed by atoms with van der Waals surface area (Å²) in [6, 6.07) is 15.7. The number of piperidine rings is 1. The van der Waals surface area contributed by atoms with Crippen LogP contribution in [-0.2, 0) is 16.6 Å². The van der Waals surface area contributed by atoms with E-state index in [1.54, 1.807) is 0 Å². The molecule has 1 saturated heterocycles. The molecule has 9 rings (SSSR count). The molecule has 0 aromatic heterocycles. The Kier molecular flexibility index (Phi) is 4.07. The highest BCUT2D eigenvalue weighted by Crippen LogP contribution is 2.75. The number of rotatable bonds is 5. The number of ether oxygens (including phenoxy) is 2. The molecule has 2 N–H and O–H groups in total. The van der Waals surface area contributed by atoms with Gasteiger partial charge in [0.25, 0.3) is 0 Å². The molecule has 4 bridgehead atoms. The molecule has 2 spiro atoms. The molecule has 2 saturated carbocycles. The molecule has 2 aromatic carbocycles. The van der Waals surface area contributed by atoms with Gasteiger partial charge in [-0.2, -0.15) is 0 Å². The van der Waals surface area contributed by atoms with Crippen LogP contribution in [-0.4, -0.2) is 42.8 Å². The lowest BCUT2D eigenvalue weighted by molar-refractivity contribution is -0.220. The van der Waals surface area contributed by atoms with Crippen LogP contribution in [0.15, 0.2) is 54.6 Å². The fourth-order valence-electron chi connectivity index (χ4n) is 9.30. The van der Waals surface area contributed by atoms with E-state index in [4.69, 9.17) is 15.2 Å². The van der Waals surface area contributed by atoms with Gasteiger partial charge >= 0.3 is 0 Å².